The normalized spacial score (nSPS) is 14.1. The maximum atomic E-state index is 13.1. The standard InChI is InChI=1S/C81H154O17P2/c1-8-9-10-11-12-13-14-15-17-23-29-34-43-50-57-64-81(86)98-77(69-92-79(84)63-56-49-42-37-36-40-47-54-61-74(6)7)71-96-100(89,90)94-67-75(82)66-93-99(87,88)95-70-76(68-91-78(83)62-55-48-41-33-28-25-20-22-27-32-39-46-53-60-73(4)5)97-80(85)65-58-51-44-35-30-24-19-16-18-21-26-31-38-45-52-59-72(2)3/h13-15,17,72-77,82H,8-12,16,18-71H2,1-7H3,(H,87,88)(H,89,90)/b14-13-,17-15-/t75-,76-,77-/m1/s1. The second-order valence-corrected chi connectivity index (χ2v) is 32.8. The summed E-state index contributed by atoms with van der Waals surface area (Å²) in [6, 6.07) is 0. The first kappa shape index (κ1) is 97.5. The second-order valence-electron chi connectivity index (χ2n) is 29.9. The van der Waals surface area contributed by atoms with E-state index in [1.165, 1.54) is 186 Å². The summed E-state index contributed by atoms with van der Waals surface area (Å²) >= 11 is 0. The summed E-state index contributed by atoms with van der Waals surface area (Å²) in [5, 5.41) is 10.6. The van der Waals surface area contributed by atoms with E-state index in [1.54, 1.807) is 0 Å². The molecular formula is C81H154O17P2. The zero-order chi connectivity index (χ0) is 73.7. The van der Waals surface area contributed by atoms with Crippen molar-refractivity contribution in [2.75, 3.05) is 39.6 Å². The number of carbonyl (C=O) groups is 4. The lowest BCUT2D eigenvalue weighted by atomic mass is 10.0. The van der Waals surface area contributed by atoms with Crippen LogP contribution in [0.5, 0.6) is 0 Å². The van der Waals surface area contributed by atoms with Crippen LogP contribution in [0.2, 0.25) is 0 Å². The van der Waals surface area contributed by atoms with E-state index in [4.69, 9.17) is 37.0 Å². The third kappa shape index (κ3) is 73.8. The fraction of sp³-hybridized carbons (Fsp3) is 0.901. The van der Waals surface area contributed by atoms with Crippen molar-refractivity contribution in [1.82, 2.24) is 0 Å². The first-order valence-corrected chi connectivity index (χ1v) is 44.2. The first-order chi connectivity index (χ1) is 48.2. The largest absolute Gasteiger partial charge is 0.472 e. The predicted octanol–water partition coefficient (Wildman–Crippen LogP) is 23.7. The molecule has 5 atom stereocenters. The zero-order valence-corrected chi connectivity index (χ0v) is 66.9. The summed E-state index contributed by atoms with van der Waals surface area (Å²) in [6.45, 7) is 11.9. The lowest BCUT2D eigenvalue weighted by Crippen LogP contribution is -2.30. The molecule has 0 aliphatic carbocycles. The van der Waals surface area contributed by atoms with Crippen molar-refractivity contribution in [3.63, 3.8) is 0 Å². The summed E-state index contributed by atoms with van der Waals surface area (Å²) in [5.74, 6) is 0.173. The molecule has 0 aromatic rings. The molecule has 0 bridgehead atoms. The molecule has 0 aliphatic heterocycles. The quantitative estimate of drug-likeness (QED) is 0.0169. The Labute approximate surface area is 612 Å². The van der Waals surface area contributed by atoms with Crippen LogP contribution in [-0.2, 0) is 65.4 Å². The molecule has 100 heavy (non-hydrogen) atoms. The van der Waals surface area contributed by atoms with Crippen LogP contribution >= 0.6 is 15.6 Å². The van der Waals surface area contributed by atoms with Gasteiger partial charge in [-0.1, -0.05) is 342 Å². The maximum Gasteiger partial charge on any atom is 0.472 e. The topological polar surface area (TPSA) is 237 Å². The van der Waals surface area contributed by atoms with E-state index < -0.39 is 97.5 Å². The second kappa shape index (κ2) is 70.8. The summed E-state index contributed by atoms with van der Waals surface area (Å²) in [7, 11) is -9.93. The molecule has 0 fully saturated rings. The third-order valence-electron chi connectivity index (χ3n) is 18.3. The van der Waals surface area contributed by atoms with Gasteiger partial charge in [0.15, 0.2) is 12.2 Å². The van der Waals surface area contributed by atoms with Gasteiger partial charge in [-0.15, -0.1) is 0 Å². The van der Waals surface area contributed by atoms with E-state index >= 15 is 0 Å². The molecule has 0 rings (SSSR count). The fourth-order valence-electron chi connectivity index (χ4n) is 11.9. The van der Waals surface area contributed by atoms with Crippen molar-refractivity contribution in [3.05, 3.63) is 24.3 Å². The highest BCUT2D eigenvalue weighted by atomic mass is 31.2. The van der Waals surface area contributed by atoms with Gasteiger partial charge in [0, 0.05) is 25.7 Å². The number of aliphatic hydroxyl groups excluding tert-OH is 1. The average molecular weight is 1460 g/mol. The van der Waals surface area contributed by atoms with Crippen LogP contribution in [0.3, 0.4) is 0 Å². The summed E-state index contributed by atoms with van der Waals surface area (Å²) in [6.07, 6.45) is 61.8. The zero-order valence-electron chi connectivity index (χ0n) is 65.2. The molecule has 0 radical (unpaired) electrons. The molecule has 0 aliphatic rings. The number of esters is 4. The van der Waals surface area contributed by atoms with Crippen molar-refractivity contribution < 1.29 is 80.2 Å². The monoisotopic (exact) mass is 1460 g/mol. The predicted molar refractivity (Wildman–Crippen MR) is 409 cm³/mol. The van der Waals surface area contributed by atoms with Crippen LogP contribution in [0.15, 0.2) is 24.3 Å². The van der Waals surface area contributed by atoms with Crippen molar-refractivity contribution >= 4 is 39.5 Å². The maximum absolute atomic E-state index is 13.1. The number of unbranched alkanes of at least 4 members (excludes halogenated alkanes) is 42. The number of hydrogen-bond donors (Lipinski definition) is 3. The van der Waals surface area contributed by atoms with Crippen LogP contribution in [-0.4, -0.2) is 96.7 Å². The smallest absolute Gasteiger partial charge is 0.462 e. The van der Waals surface area contributed by atoms with Crippen LogP contribution in [0, 0.1) is 17.8 Å². The van der Waals surface area contributed by atoms with E-state index in [-0.39, 0.29) is 25.7 Å². The Balaban J connectivity index is 5.29. The van der Waals surface area contributed by atoms with E-state index in [0.29, 0.717) is 25.7 Å². The Morgan fingerprint density at radius 2 is 0.540 bits per heavy atom. The molecule has 0 amide bonds. The van der Waals surface area contributed by atoms with E-state index in [0.717, 1.165) is 127 Å². The van der Waals surface area contributed by atoms with Crippen molar-refractivity contribution in [2.45, 2.75) is 414 Å². The van der Waals surface area contributed by atoms with Crippen LogP contribution < -0.4 is 0 Å². The van der Waals surface area contributed by atoms with E-state index in [1.807, 2.05) is 0 Å². The van der Waals surface area contributed by atoms with Gasteiger partial charge < -0.3 is 33.8 Å². The highest BCUT2D eigenvalue weighted by molar-refractivity contribution is 7.47. The van der Waals surface area contributed by atoms with Gasteiger partial charge in [0.1, 0.15) is 19.3 Å². The number of hydrogen-bond acceptors (Lipinski definition) is 15. The van der Waals surface area contributed by atoms with Gasteiger partial charge in [-0.3, -0.25) is 37.3 Å². The van der Waals surface area contributed by atoms with Crippen LogP contribution in [0.25, 0.3) is 0 Å². The Hall–Kier alpha value is -2.46. The molecule has 17 nitrogen and oxygen atoms in total. The Bertz CT molecular complexity index is 2030. The van der Waals surface area contributed by atoms with Crippen molar-refractivity contribution in [2.24, 2.45) is 17.8 Å². The van der Waals surface area contributed by atoms with Gasteiger partial charge in [-0.2, -0.15) is 0 Å². The minimum atomic E-state index is -4.97. The summed E-state index contributed by atoms with van der Waals surface area (Å²) in [4.78, 5) is 73.0. The van der Waals surface area contributed by atoms with Gasteiger partial charge >= 0.3 is 39.5 Å². The molecule has 590 valence electrons. The number of carbonyl (C=O) groups excluding carboxylic acids is 4. The molecule has 0 aromatic heterocycles. The molecule has 0 saturated heterocycles. The minimum Gasteiger partial charge on any atom is -0.462 e. The van der Waals surface area contributed by atoms with Crippen molar-refractivity contribution in [1.29, 1.82) is 0 Å². The van der Waals surface area contributed by atoms with E-state index in [9.17, 15) is 43.2 Å². The highest BCUT2D eigenvalue weighted by Crippen LogP contribution is 2.45. The van der Waals surface area contributed by atoms with Crippen molar-refractivity contribution in [3.8, 4) is 0 Å². The molecule has 3 N–H and O–H groups in total. The molecule has 0 aromatic carbocycles. The molecular weight excluding hydrogens is 1310 g/mol. The molecule has 19 heteroatoms. The number of allylic oxidation sites excluding steroid dienone is 4. The number of ether oxygens (including phenoxy) is 4. The minimum absolute atomic E-state index is 0.0844. The number of aliphatic hydroxyl groups is 1. The molecule has 2 unspecified atom stereocenters. The summed E-state index contributed by atoms with van der Waals surface area (Å²) in [5.41, 5.74) is 0. The van der Waals surface area contributed by atoms with Gasteiger partial charge in [-0.05, 0) is 69.1 Å². The van der Waals surface area contributed by atoms with Crippen LogP contribution in [0.4, 0.5) is 0 Å². The van der Waals surface area contributed by atoms with Gasteiger partial charge in [0.05, 0.1) is 26.4 Å². The Morgan fingerprint density at radius 3 is 0.810 bits per heavy atom. The Morgan fingerprint density at radius 1 is 0.310 bits per heavy atom. The Kier molecular flexibility index (Phi) is 69.1. The van der Waals surface area contributed by atoms with Gasteiger partial charge in [0.2, 0.25) is 0 Å². The SMILES string of the molecule is CCCCCC/C=C\C=C/CCCCCCCC(=O)O[C@H](COC(=O)CCCCCCCCCCC(C)C)COP(=O)(O)OC[C@H](O)COP(=O)(O)OC[C@@H](COC(=O)CCCCCCCCCCCCCCCC(C)C)OC(=O)CCCCCCCCCCCCCCCCCC(C)C. The van der Waals surface area contributed by atoms with Gasteiger partial charge in [0.25, 0.3) is 0 Å². The molecule has 0 spiro atoms. The molecule has 0 heterocycles. The summed E-state index contributed by atoms with van der Waals surface area (Å²) < 4.78 is 68.7. The van der Waals surface area contributed by atoms with E-state index in [2.05, 4.69) is 72.8 Å². The lowest BCUT2D eigenvalue weighted by Gasteiger charge is -2.21. The number of rotatable bonds is 77. The average Bonchev–Trinajstić information content (AvgIpc) is 1.01. The number of phosphoric acid groups is 2. The van der Waals surface area contributed by atoms with Gasteiger partial charge in [-0.25, -0.2) is 9.13 Å². The highest BCUT2D eigenvalue weighted by Gasteiger charge is 2.30. The lowest BCUT2D eigenvalue weighted by molar-refractivity contribution is -0.161. The molecule has 0 saturated carbocycles. The number of phosphoric ester groups is 2. The third-order valence-corrected chi connectivity index (χ3v) is 20.2. The first-order valence-electron chi connectivity index (χ1n) is 41.2. The fourth-order valence-corrected chi connectivity index (χ4v) is 13.5. The van der Waals surface area contributed by atoms with Crippen LogP contribution in [0.1, 0.15) is 395 Å².